The molecule has 0 radical (unpaired) electrons. The third kappa shape index (κ3) is 1.57. The Kier molecular flexibility index (Phi) is 2.38. The van der Waals surface area contributed by atoms with Gasteiger partial charge in [0, 0.05) is 13.1 Å². The molecule has 14 heavy (non-hydrogen) atoms. The molecule has 1 unspecified atom stereocenters. The highest BCUT2D eigenvalue weighted by molar-refractivity contribution is 5.59. The van der Waals surface area contributed by atoms with Gasteiger partial charge < -0.3 is 10.0 Å². The van der Waals surface area contributed by atoms with Crippen LogP contribution in [0.3, 0.4) is 0 Å². The molecule has 2 rings (SSSR count). The van der Waals surface area contributed by atoms with Crippen molar-refractivity contribution in [1.29, 1.82) is 5.26 Å². The smallest absolute Gasteiger partial charge is 0.101 e. The number of nitriles is 1. The van der Waals surface area contributed by atoms with Crippen LogP contribution in [-0.2, 0) is 0 Å². The van der Waals surface area contributed by atoms with Gasteiger partial charge in [-0.3, -0.25) is 0 Å². The van der Waals surface area contributed by atoms with Gasteiger partial charge in [-0.15, -0.1) is 0 Å². The van der Waals surface area contributed by atoms with Gasteiger partial charge in [0.25, 0.3) is 0 Å². The molecule has 1 atom stereocenters. The maximum Gasteiger partial charge on any atom is 0.101 e. The van der Waals surface area contributed by atoms with Crippen LogP contribution in [0.5, 0.6) is 0 Å². The summed E-state index contributed by atoms with van der Waals surface area (Å²) in [7, 11) is 0. The quantitative estimate of drug-likeness (QED) is 0.718. The zero-order valence-electron chi connectivity index (χ0n) is 7.85. The first-order valence-electron chi connectivity index (χ1n) is 4.73. The molecule has 0 saturated carbocycles. The second-order valence-corrected chi connectivity index (χ2v) is 3.52. The Balaban J connectivity index is 2.28. The maximum atomic E-state index is 9.40. The second kappa shape index (κ2) is 3.69. The van der Waals surface area contributed by atoms with E-state index in [1.54, 1.807) is 6.07 Å². The lowest BCUT2D eigenvalue weighted by molar-refractivity contribution is 0.198. The van der Waals surface area contributed by atoms with E-state index in [1.165, 1.54) is 0 Å². The van der Waals surface area contributed by atoms with E-state index < -0.39 is 0 Å². The highest BCUT2D eigenvalue weighted by Gasteiger charge is 2.21. The number of rotatable bonds is 1. The van der Waals surface area contributed by atoms with Crippen molar-refractivity contribution >= 4 is 5.69 Å². The molecule has 72 valence electrons. The van der Waals surface area contributed by atoms with Crippen molar-refractivity contribution in [2.45, 2.75) is 12.5 Å². The van der Waals surface area contributed by atoms with Gasteiger partial charge in [0.2, 0.25) is 0 Å². The number of benzene rings is 1. The molecule has 0 aliphatic carbocycles. The minimum atomic E-state index is -0.248. The summed E-state index contributed by atoms with van der Waals surface area (Å²) < 4.78 is 0. The van der Waals surface area contributed by atoms with Gasteiger partial charge in [0.1, 0.15) is 6.07 Å². The van der Waals surface area contributed by atoms with Crippen LogP contribution in [0.2, 0.25) is 0 Å². The lowest BCUT2D eigenvalue weighted by Crippen LogP contribution is -2.21. The molecule has 3 nitrogen and oxygen atoms in total. The predicted molar refractivity (Wildman–Crippen MR) is 54.0 cm³/mol. The van der Waals surface area contributed by atoms with Crippen LogP contribution in [0.4, 0.5) is 5.69 Å². The maximum absolute atomic E-state index is 9.40. The van der Waals surface area contributed by atoms with E-state index in [1.807, 2.05) is 18.2 Å². The Morgan fingerprint density at radius 2 is 2.21 bits per heavy atom. The van der Waals surface area contributed by atoms with Gasteiger partial charge >= 0.3 is 0 Å². The Labute approximate surface area is 83.2 Å². The van der Waals surface area contributed by atoms with Crippen molar-refractivity contribution in [2.24, 2.45) is 0 Å². The molecule has 1 aliphatic rings. The van der Waals surface area contributed by atoms with E-state index in [9.17, 15) is 5.11 Å². The number of nitrogens with zero attached hydrogens (tertiary/aromatic N) is 2. The van der Waals surface area contributed by atoms with Crippen molar-refractivity contribution < 1.29 is 5.11 Å². The fourth-order valence-corrected chi connectivity index (χ4v) is 1.80. The molecule has 0 bridgehead atoms. The van der Waals surface area contributed by atoms with E-state index in [0.29, 0.717) is 12.1 Å². The normalized spacial score (nSPS) is 20.9. The summed E-state index contributed by atoms with van der Waals surface area (Å²) in [4.78, 5) is 2.06. The van der Waals surface area contributed by atoms with Crippen LogP contribution in [0.1, 0.15) is 12.0 Å². The minimum Gasteiger partial charge on any atom is -0.391 e. The average molecular weight is 188 g/mol. The molecule has 0 spiro atoms. The Morgan fingerprint density at radius 1 is 1.43 bits per heavy atom. The van der Waals surface area contributed by atoms with Crippen LogP contribution >= 0.6 is 0 Å². The molecule has 1 aliphatic heterocycles. The topological polar surface area (TPSA) is 47.3 Å². The van der Waals surface area contributed by atoms with Gasteiger partial charge in [0.05, 0.1) is 17.4 Å². The van der Waals surface area contributed by atoms with Gasteiger partial charge in [-0.05, 0) is 18.6 Å². The van der Waals surface area contributed by atoms with Crippen LogP contribution in [0, 0.1) is 11.3 Å². The fraction of sp³-hybridized carbons (Fsp3) is 0.364. The van der Waals surface area contributed by atoms with Crippen molar-refractivity contribution in [3.63, 3.8) is 0 Å². The fourth-order valence-electron chi connectivity index (χ4n) is 1.80. The molecule has 1 fully saturated rings. The van der Waals surface area contributed by atoms with Crippen molar-refractivity contribution in [1.82, 2.24) is 0 Å². The number of hydrogen-bond donors (Lipinski definition) is 1. The Hall–Kier alpha value is -1.53. The summed E-state index contributed by atoms with van der Waals surface area (Å²) in [5.74, 6) is 0. The number of anilines is 1. The second-order valence-electron chi connectivity index (χ2n) is 3.52. The zero-order chi connectivity index (χ0) is 9.97. The Bertz CT molecular complexity index is 370. The highest BCUT2D eigenvalue weighted by Crippen LogP contribution is 2.23. The summed E-state index contributed by atoms with van der Waals surface area (Å²) in [5, 5.41) is 18.3. The molecule has 0 amide bonds. The SMILES string of the molecule is N#Cc1ccccc1N1CCC(O)C1. The standard InChI is InChI=1S/C11H12N2O/c12-7-9-3-1-2-4-11(9)13-6-5-10(14)8-13/h1-4,10,14H,5-6,8H2. The minimum absolute atomic E-state index is 0.248. The van der Waals surface area contributed by atoms with E-state index in [2.05, 4.69) is 11.0 Å². The summed E-state index contributed by atoms with van der Waals surface area (Å²) in [6.45, 7) is 1.47. The molecule has 1 aromatic carbocycles. The third-order valence-electron chi connectivity index (χ3n) is 2.53. The van der Waals surface area contributed by atoms with Crippen LogP contribution < -0.4 is 4.90 Å². The zero-order valence-corrected chi connectivity index (χ0v) is 7.85. The first-order valence-corrected chi connectivity index (χ1v) is 4.73. The Morgan fingerprint density at radius 3 is 2.86 bits per heavy atom. The van der Waals surface area contributed by atoms with Crippen molar-refractivity contribution in [3.05, 3.63) is 29.8 Å². The van der Waals surface area contributed by atoms with Crippen LogP contribution in [0.25, 0.3) is 0 Å². The van der Waals surface area contributed by atoms with E-state index in [-0.39, 0.29) is 6.10 Å². The number of para-hydroxylation sites is 1. The van der Waals surface area contributed by atoms with Crippen LogP contribution in [0.15, 0.2) is 24.3 Å². The number of aliphatic hydroxyl groups excluding tert-OH is 1. The molecule has 1 saturated heterocycles. The van der Waals surface area contributed by atoms with E-state index in [0.717, 1.165) is 18.7 Å². The third-order valence-corrected chi connectivity index (χ3v) is 2.53. The molecule has 0 aromatic heterocycles. The van der Waals surface area contributed by atoms with Gasteiger partial charge in [-0.25, -0.2) is 0 Å². The summed E-state index contributed by atoms with van der Waals surface area (Å²) >= 11 is 0. The molecule has 1 heterocycles. The number of β-amino-alcohol motifs (C(OH)–C–C–N with tert-alkyl or cyclic N) is 1. The molecule has 3 heteroatoms. The first-order chi connectivity index (χ1) is 6.81. The van der Waals surface area contributed by atoms with E-state index in [4.69, 9.17) is 5.26 Å². The number of aliphatic hydroxyl groups is 1. The monoisotopic (exact) mass is 188 g/mol. The molecule has 1 aromatic rings. The molecular formula is C11H12N2O. The molecule has 1 N–H and O–H groups in total. The lowest BCUT2D eigenvalue weighted by atomic mass is 10.2. The van der Waals surface area contributed by atoms with Gasteiger partial charge in [-0.2, -0.15) is 5.26 Å². The summed E-state index contributed by atoms with van der Waals surface area (Å²) in [6.07, 6.45) is 0.543. The molecular weight excluding hydrogens is 176 g/mol. The highest BCUT2D eigenvalue weighted by atomic mass is 16.3. The number of hydrogen-bond acceptors (Lipinski definition) is 3. The van der Waals surface area contributed by atoms with Crippen molar-refractivity contribution in [2.75, 3.05) is 18.0 Å². The predicted octanol–water partition coefficient (Wildman–Crippen LogP) is 1.13. The lowest BCUT2D eigenvalue weighted by Gasteiger charge is -2.18. The first kappa shape index (κ1) is 9.04. The van der Waals surface area contributed by atoms with Gasteiger partial charge in [-0.1, -0.05) is 12.1 Å². The summed E-state index contributed by atoms with van der Waals surface area (Å²) in [5.41, 5.74) is 1.62. The summed E-state index contributed by atoms with van der Waals surface area (Å²) in [6, 6.07) is 9.67. The average Bonchev–Trinajstić information content (AvgIpc) is 2.65. The largest absolute Gasteiger partial charge is 0.391 e. The van der Waals surface area contributed by atoms with Gasteiger partial charge in [0.15, 0.2) is 0 Å². The van der Waals surface area contributed by atoms with Crippen LogP contribution in [-0.4, -0.2) is 24.3 Å². The van der Waals surface area contributed by atoms with E-state index >= 15 is 0 Å². The van der Waals surface area contributed by atoms with Crippen molar-refractivity contribution in [3.8, 4) is 6.07 Å².